The Labute approximate surface area is 97.4 Å². The van der Waals surface area contributed by atoms with Crippen LogP contribution in [0.2, 0.25) is 0 Å². The summed E-state index contributed by atoms with van der Waals surface area (Å²) < 4.78 is 26.6. The van der Waals surface area contributed by atoms with E-state index in [2.05, 4.69) is 16.6 Å². The quantitative estimate of drug-likeness (QED) is 0.352. The molecular formula is C12H11F2NO2. The zero-order valence-corrected chi connectivity index (χ0v) is 9.46. The number of rotatable bonds is 3. The van der Waals surface area contributed by atoms with E-state index in [0.29, 0.717) is 0 Å². The summed E-state index contributed by atoms with van der Waals surface area (Å²) in [5, 5.41) is 3.36. The molecule has 0 spiro atoms. The van der Waals surface area contributed by atoms with Crippen molar-refractivity contribution in [2.45, 2.75) is 13.8 Å². The van der Waals surface area contributed by atoms with Crippen LogP contribution in [0.1, 0.15) is 19.4 Å². The maximum absolute atomic E-state index is 13.3. The van der Waals surface area contributed by atoms with Crippen molar-refractivity contribution in [3.05, 3.63) is 47.5 Å². The number of carbonyl (C=O) groups is 1. The van der Waals surface area contributed by atoms with Gasteiger partial charge in [-0.3, -0.25) is 0 Å². The molecule has 0 aliphatic heterocycles. The van der Waals surface area contributed by atoms with E-state index in [0.717, 1.165) is 12.1 Å². The van der Waals surface area contributed by atoms with Gasteiger partial charge in [0.25, 0.3) is 0 Å². The van der Waals surface area contributed by atoms with Crippen molar-refractivity contribution in [2.24, 2.45) is 5.16 Å². The summed E-state index contributed by atoms with van der Waals surface area (Å²) in [5.74, 6) is -2.28. The minimum atomic E-state index is -0.766. The van der Waals surface area contributed by atoms with Crippen molar-refractivity contribution < 1.29 is 18.4 Å². The van der Waals surface area contributed by atoms with E-state index in [1.165, 1.54) is 19.9 Å². The Balaban J connectivity index is 2.97. The molecule has 0 saturated carbocycles. The van der Waals surface area contributed by atoms with E-state index in [1.807, 2.05) is 0 Å². The van der Waals surface area contributed by atoms with E-state index >= 15 is 0 Å². The predicted molar refractivity (Wildman–Crippen MR) is 59.5 cm³/mol. The van der Waals surface area contributed by atoms with Crippen molar-refractivity contribution >= 4 is 11.7 Å². The highest BCUT2D eigenvalue weighted by molar-refractivity contribution is 5.99. The summed E-state index contributed by atoms with van der Waals surface area (Å²) in [4.78, 5) is 15.5. The molecule has 1 aromatic rings. The molecule has 0 radical (unpaired) electrons. The molecule has 1 aromatic carbocycles. The van der Waals surface area contributed by atoms with Gasteiger partial charge in [-0.05, 0) is 26.0 Å². The van der Waals surface area contributed by atoms with Crippen LogP contribution in [0.3, 0.4) is 0 Å². The molecule has 0 N–H and O–H groups in total. The molecule has 0 bridgehead atoms. The first-order valence-corrected chi connectivity index (χ1v) is 4.79. The lowest BCUT2D eigenvalue weighted by atomic mass is 10.1. The molecule has 0 fully saturated rings. The lowest BCUT2D eigenvalue weighted by Crippen LogP contribution is -2.07. The molecule has 5 heteroatoms. The highest BCUT2D eigenvalue weighted by atomic mass is 19.1. The van der Waals surface area contributed by atoms with Crippen LogP contribution in [0, 0.1) is 11.6 Å². The number of halogens is 2. The van der Waals surface area contributed by atoms with Gasteiger partial charge in [0.15, 0.2) is 0 Å². The molecule has 0 amide bonds. The summed E-state index contributed by atoms with van der Waals surface area (Å²) in [6, 6.07) is 3.43. The lowest BCUT2D eigenvalue weighted by Gasteiger charge is -2.03. The fourth-order valence-corrected chi connectivity index (χ4v) is 1.08. The smallest absolute Gasteiger partial charge is 0.313 e. The zero-order valence-electron chi connectivity index (χ0n) is 9.46. The number of hydrogen-bond acceptors (Lipinski definition) is 3. The van der Waals surface area contributed by atoms with E-state index in [1.54, 1.807) is 0 Å². The number of nitrogens with zero attached hydrogens (tertiary/aromatic N) is 1. The van der Waals surface area contributed by atoms with Gasteiger partial charge in [0.05, 0.1) is 11.3 Å². The molecular weight excluding hydrogens is 228 g/mol. The highest BCUT2D eigenvalue weighted by Crippen LogP contribution is 2.13. The molecule has 0 aromatic heterocycles. The van der Waals surface area contributed by atoms with Crippen LogP contribution in [0.25, 0.3) is 0 Å². The molecule has 0 unspecified atom stereocenters. The molecule has 17 heavy (non-hydrogen) atoms. The monoisotopic (exact) mass is 239 g/mol. The third-order valence-corrected chi connectivity index (χ3v) is 1.94. The maximum Gasteiger partial charge on any atom is 0.360 e. The fraction of sp³-hybridized carbons (Fsp3) is 0.167. The fourth-order valence-electron chi connectivity index (χ4n) is 1.08. The van der Waals surface area contributed by atoms with Gasteiger partial charge in [-0.1, -0.05) is 17.8 Å². The van der Waals surface area contributed by atoms with E-state index in [-0.39, 0.29) is 16.8 Å². The molecule has 0 saturated heterocycles. The Morgan fingerprint density at radius 3 is 2.29 bits per heavy atom. The molecule has 0 atom stereocenters. The van der Waals surface area contributed by atoms with Gasteiger partial charge < -0.3 is 4.84 Å². The van der Waals surface area contributed by atoms with Gasteiger partial charge in [0, 0.05) is 5.57 Å². The van der Waals surface area contributed by atoms with Crippen LogP contribution < -0.4 is 0 Å². The summed E-state index contributed by atoms with van der Waals surface area (Å²) in [5.41, 5.74) is -0.229. The molecule has 90 valence electrons. The highest BCUT2D eigenvalue weighted by Gasteiger charge is 2.12. The third-order valence-electron chi connectivity index (χ3n) is 1.94. The minimum absolute atomic E-state index is 0.0600. The Morgan fingerprint density at radius 1 is 1.29 bits per heavy atom. The topological polar surface area (TPSA) is 38.7 Å². The average molecular weight is 239 g/mol. The van der Waals surface area contributed by atoms with Crippen molar-refractivity contribution in [1.29, 1.82) is 0 Å². The van der Waals surface area contributed by atoms with Gasteiger partial charge in [-0.25, -0.2) is 13.6 Å². The molecule has 0 aliphatic carbocycles. The molecule has 0 aliphatic rings. The molecule has 0 heterocycles. The van der Waals surface area contributed by atoms with Gasteiger partial charge in [0.2, 0.25) is 0 Å². The second-order valence-corrected chi connectivity index (χ2v) is 3.43. The number of benzene rings is 1. The Kier molecular flexibility index (Phi) is 4.09. The van der Waals surface area contributed by atoms with Crippen LogP contribution in [-0.2, 0) is 9.63 Å². The summed E-state index contributed by atoms with van der Waals surface area (Å²) >= 11 is 0. The largest absolute Gasteiger partial charge is 0.360 e. The minimum Gasteiger partial charge on any atom is -0.313 e. The Hall–Kier alpha value is -2.04. The number of oxime groups is 1. The first kappa shape index (κ1) is 13.0. The van der Waals surface area contributed by atoms with Crippen LogP contribution in [0.15, 0.2) is 35.5 Å². The maximum atomic E-state index is 13.3. The Morgan fingerprint density at radius 2 is 1.82 bits per heavy atom. The zero-order chi connectivity index (χ0) is 13.0. The van der Waals surface area contributed by atoms with Crippen LogP contribution in [-0.4, -0.2) is 11.7 Å². The van der Waals surface area contributed by atoms with Gasteiger partial charge in [-0.15, -0.1) is 0 Å². The number of carbonyl (C=O) groups excluding carboxylic acids is 1. The predicted octanol–water partition coefficient (Wildman–Crippen LogP) is 2.81. The normalized spacial score (nSPS) is 11.2. The van der Waals surface area contributed by atoms with Crippen molar-refractivity contribution in [1.82, 2.24) is 0 Å². The second-order valence-electron chi connectivity index (χ2n) is 3.43. The van der Waals surface area contributed by atoms with Gasteiger partial charge in [-0.2, -0.15) is 0 Å². The SMILES string of the molecule is C=C(C)C(=O)ON=C(C)c1c(F)cccc1F. The summed E-state index contributed by atoms with van der Waals surface area (Å²) in [6.45, 7) is 6.13. The van der Waals surface area contributed by atoms with Crippen LogP contribution in [0.5, 0.6) is 0 Å². The molecule has 3 nitrogen and oxygen atoms in total. The van der Waals surface area contributed by atoms with E-state index < -0.39 is 17.6 Å². The lowest BCUT2D eigenvalue weighted by molar-refractivity contribution is -0.138. The standard InChI is InChI=1S/C12H11F2NO2/c1-7(2)12(16)17-15-8(3)11-9(13)5-4-6-10(11)14/h4-6H,1H2,2-3H3. The van der Waals surface area contributed by atoms with Crippen LogP contribution in [0.4, 0.5) is 8.78 Å². The first-order chi connectivity index (χ1) is 7.93. The summed E-state index contributed by atoms with van der Waals surface area (Å²) in [6.07, 6.45) is 0. The number of hydrogen-bond donors (Lipinski definition) is 0. The molecule has 1 rings (SSSR count). The van der Waals surface area contributed by atoms with Crippen molar-refractivity contribution in [3.63, 3.8) is 0 Å². The van der Waals surface area contributed by atoms with Gasteiger partial charge >= 0.3 is 5.97 Å². The average Bonchev–Trinajstić information content (AvgIpc) is 2.25. The third kappa shape index (κ3) is 3.21. The first-order valence-electron chi connectivity index (χ1n) is 4.79. The second kappa shape index (κ2) is 5.34. The van der Waals surface area contributed by atoms with Crippen LogP contribution >= 0.6 is 0 Å². The van der Waals surface area contributed by atoms with E-state index in [9.17, 15) is 13.6 Å². The van der Waals surface area contributed by atoms with Gasteiger partial charge in [0.1, 0.15) is 11.6 Å². The summed E-state index contributed by atoms with van der Waals surface area (Å²) in [7, 11) is 0. The van der Waals surface area contributed by atoms with Crippen molar-refractivity contribution in [2.75, 3.05) is 0 Å². The van der Waals surface area contributed by atoms with E-state index in [4.69, 9.17) is 0 Å². The Bertz CT molecular complexity index is 475. The van der Waals surface area contributed by atoms with Crippen molar-refractivity contribution in [3.8, 4) is 0 Å².